The maximum absolute atomic E-state index is 13.9. The molecule has 2 heterocycles. The van der Waals surface area contributed by atoms with E-state index in [2.05, 4.69) is 10.6 Å². The topological polar surface area (TPSA) is 109 Å². The monoisotopic (exact) mass is 481 g/mol. The molecule has 11 heteroatoms. The van der Waals surface area contributed by atoms with Crippen molar-refractivity contribution in [3.63, 3.8) is 0 Å². The Kier molecular flexibility index (Phi) is 6.86. The second kappa shape index (κ2) is 10.2. The van der Waals surface area contributed by atoms with E-state index in [4.69, 9.17) is 0 Å². The number of carbonyl (C=O) groups excluding carboxylic acids is 3. The number of hydrogen-bond donors (Lipinski definition) is 2. The lowest BCUT2D eigenvalue weighted by atomic mass is 10.1. The summed E-state index contributed by atoms with van der Waals surface area (Å²) in [6.07, 6.45) is 1.23. The number of amides is 4. The molecule has 0 saturated carbocycles. The Balaban J connectivity index is 1.29. The van der Waals surface area contributed by atoms with Gasteiger partial charge in [0.2, 0.25) is 0 Å². The lowest BCUT2D eigenvalue weighted by molar-refractivity contribution is -0.607. The van der Waals surface area contributed by atoms with Gasteiger partial charge in [-0.25, -0.2) is 13.6 Å². The maximum Gasteiger partial charge on any atom is 0.321 e. The third-order valence-corrected chi connectivity index (χ3v) is 5.46. The van der Waals surface area contributed by atoms with Gasteiger partial charge in [-0.05, 0) is 48.5 Å². The zero-order valence-corrected chi connectivity index (χ0v) is 18.4. The van der Waals surface area contributed by atoms with E-state index in [0.717, 1.165) is 18.2 Å². The summed E-state index contributed by atoms with van der Waals surface area (Å²) in [4.78, 5) is 40.2. The fourth-order valence-electron chi connectivity index (χ4n) is 3.58. The van der Waals surface area contributed by atoms with E-state index in [-0.39, 0.29) is 43.5 Å². The molecule has 1 aliphatic rings. The van der Waals surface area contributed by atoms with Crippen LogP contribution in [0.15, 0.2) is 66.9 Å². The van der Waals surface area contributed by atoms with Gasteiger partial charge < -0.3 is 25.6 Å². The number of pyridine rings is 1. The minimum absolute atomic E-state index is 0.0531. The van der Waals surface area contributed by atoms with E-state index in [1.54, 1.807) is 30.3 Å². The standard InChI is InChI=1S/C24H21F2N5O4/c25-16-4-9-20(26)19(15-16)23(33)29-11-13-30(14-12-29)24(34)28-18-7-5-17(6-8-18)27-22(32)21-3-1-2-10-31(21)35/h1-10,15H,11-14H2,(H,27,32)(H,28,34). The molecule has 3 aromatic rings. The van der Waals surface area contributed by atoms with Crippen LogP contribution in [-0.4, -0.2) is 53.8 Å². The smallest absolute Gasteiger partial charge is 0.321 e. The van der Waals surface area contributed by atoms with Gasteiger partial charge in [-0.15, -0.1) is 0 Å². The summed E-state index contributed by atoms with van der Waals surface area (Å²) in [5.74, 6) is -2.69. The minimum atomic E-state index is -0.799. The van der Waals surface area contributed by atoms with E-state index < -0.39 is 23.4 Å². The van der Waals surface area contributed by atoms with Crippen molar-refractivity contribution in [1.29, 1.82) is 0 Å². The number of halogens is 2. The van der Waals surface area contributed by atoms with Gasteiger partial charge in [0.25, 0.3) is 11.6 Å². The van der Waals surface area contributed by atoms with Gasteiger partial charge in [-0.3, -0.25) is 9.59 Å². The van der Waals surface area contributed by atoms with Crippen LogP contribution in [0.4, 0.5) is 25.0 Å². The van der Waals surface area contributed by atoms with E-state index in [9.17, 15) is 28.4 Å². The third-order valence-electron chi connectivity index (χ3n) is 5.46. The molecule has 9 nitrogen and oxygen atoms in total. The highest BCUT2D eigenvalue weighted by Crippen LogP contribution is 2.17. The summed E-state index contributed by atoms with van der Waals surface area (Å²) in [6, 6.07) is 13.2. The number of urea groups is 1. The highest BCUT2D eigenvalue weighted by Gasteiger charge is 2.26. The average Bonchev–Trinajstić information content (AvgIpc) is 2.86. The molecule has 180 valence electrons. The molecule has 2 aromatic carbocycles. The second-order valence-corrected chi connectivity index (χ2v) is 7.78. The number of nitrogens with zero attached hydrogens (tertiary/aromatic N) is 3. The summed E-state index contributed by atoms with van der Waals surface area (Å²) < 4.78 is 27.8. The highest BCUT2D eigenvalue weighted by atomic mass is 19.1. The predicted molar refractivity (Wildman–Crippen MR) is 123 cm³/mol. The number of piperazine rings is 1. The number of nitrogens with one attached hydrogen (secondary N) is 2. The van der Waals surface area contributed by atoms with Gasteiger partial charge in [-0.1, -0.05) is 0 Å². The molecular weight excluding hydrogens is 460 g/mol. The van der Waals surface area contributed by atoms with E-state index in [1.165, 1.54) is 28.1 Å². The van der Waals surface area contributed by atoms with Crippen molar-refractivity contribution in [3.05, 3.63) is 95.0 Å². The lowest BCUT2D eigenvalue weighted by Gasteiger charge is -2.34. The first-order chi connectivity index (χ1) is 16.8. The minimum Gasteiger partial charge on any atom is -0.618 e. The Bertz CT molecular complexity index is 1260. The molecule has 4 amide bonds. The molecular formula is C24H21F2N5O4. The van der Waals surface area contributed by atoms with Crippen LogP contribution >= 0.6 is 0 Å². The summed E-state index contributed by atoms with van der Waals surface area (Å²) in [5, 5.41) is 17.0. The molecule has 1 fully saturated rings. The first kappa shape index (κ1) is 23.6. The molecule has 35 heavy (non-hydrogen) atoms. The van der Waals surface area contributed by atoms with Crippen LogP contribution in [0.25, 0.3) is 0 Å². The summed E-state index contributed by atoms with van der Waals surface area (Å²) in [6.45, 7) is 0.780. The first-order valence-corrected chi connectivity index (χ1v) is 10.7. The highest BCUT2D eigenvalue weighted by molar-refractivity contribution is 6.02. The number of anilines is 2. The van der Waals surface area contributed by atoms with E-state index in [1.807, 2.05) is 0 Å². The van der Waals surface area contributed by atoms with E-state index in [0.29, 0.717) is 16.1 Å². The largest absolute Gasteiger partial charge is 0.618 e. The molecule has 0 unspecified atom stereocenters. The number of carbonyl (C=O) groups is 3. The summed E-state index contributed by atoms with van der Waals surface area (Å²) in [5.41, 5.74) is 0.524. The van der Waals surface area contributed by atoms with Crippen molar-refractivity contribution in [1.82, 2.24) is 9.80 Å². The van der Waals surface area contributed by atoms with Crippen LogP contribution in [0.3, 0.4) is 0 Å². The van der Waals surface area contributed by atoms with Crippen molar-refractivity contribution in [2.75, 3.05) is 36.8 Å². The maximum atomic E-state index is 13.9. The zero-order chi connectivity index (χ0) is 24.9. The van der Waals surface area contributed by atoms with Gasteiger partial charge in [0.15, 0.2) is 6.20 Å². The van der Waals surface area contributed by atoms with Gasteiger partial charge in [-0.2, -0.15) is 4.73 Å². The number of rotatable bonds is 4. The van der Waals surface area contributed by atoms with Crippen molar-refractivity contribution in [2.45, 2.75) is 0 Å². The van der Waals surface area contributed by atoms with Crippen LogP contribution in [-0.2, 0) is 0 Å². The number of aromatic nitrogens is 1. The Morgan fingerprint density at radius 2 is 1.46 bits per heavy atom. The normalized spacial score (nSPS) is 13.3. The zero-order valence-electron chi connectivity index (χ0n) is 18.4. The first-order valence-electron chi connectivity index (χ1n) is 10.7. The lowest BCUT2D eigenvalue weighted by Crippen LogP contribution is -2.51. The van der Waals surface area contributed by atoms with Crippen molar-refractivity contribution in [2.24, 2.45) is 0 Å². The molecule has 1 aromatic heterocycles. The van der Waals surface area contributed by atoms with Gasteiger partial charge in [0.1, 0.15) is 11.6 Å². The van der Waals surface area contributed by atoms with Crippen LogP contribution in [0, 0.1) is 16.8 Å². The molecule has 1 saturated heterocycles. The van der Waals surface area contributed by atoms with Crippen molar-refractivity contribution in [3.8, 4) is 0 Å². The molecule has 0 aliphatic carbocycles. The number of benzene rings is 2. The van der Waals surface area contributed by atoms with Gasteiger partial charge >= 0.3 is 11.9 Å². The predicted octanol–water partition coefficient (Wildman–Crippen LogP) is 2.84. The second-order valence-electron chi connectivity index (χ2n) is 7.78. The molecule has 4 rings (SSSR count). The average molecular weight is 481 g/mol. The van der Waals surface area contributed by atoms with E-state index >= 15 is 0 Å². The third kappa shape index (κ3) is 5.52. The fraction of sp³-hybridized carbons (Fsp3) is 0.167. The van der Waals surface area contributed by atoms with Crippen LogP contribution < -0.4 is 15.4 Å². The SMILES string of the molecule is O=C(Nc1ccc(NC(=O)N2CCN(C(=O)c3cc(F)ccc3F)CC2)cc1)c1cccc[n+]1[O-]. The van der Waals surface area contributed by atoms with Crippen LogP contribution in [0.2, 0.25) is 0 Å². The molecule has 0 spiro atoms. The molecule has 2 N–H and O–H groups in total. The van der Waals surface area contributed by atoms with Crippen LogP contribution in [0.1, 0.15) is 20.8 Å². The fourth-order valence-corrected chi connectivity index (χ4v) is 3.58. The van der Waals surface area contributed by atoms with Crippen molar-refractivity contribution >= 4 is 29.2 Å². The Morgan fingerprint density at radius 3 is 2.11 bits per heavy atom. The molecule has 0 atom stereocenters. The van der Waals surface area contributed by atoms with Gasteiger partial charge in [0, 0.05) is 49.7 Å². The van der Waals surface area contributed by atoms with Crippen LogP contribution in [0.5, 0.6) is 0 Å². The molecule has 0 radical (unpaired) electrons. The quantitative estimate of drug-likeness (QED) is 0.441. The number of hydrogen-bond acceptors (Lipinski definition) is 4. The Hall–Kier alpha value is -4.54. The summed E-state index contributed by atoms with van der Waals surface area (Å²) >= 11 is 0. The Labute approximate surface area is 199 Å². The Morgan fingerprint density at radius 1 is 0.829 bits per heavy atom. The summed E-state index contributed by atoms with van der Waals surface area (Å²) in [7, 11) is 0. The molecule has 1 aliphatic heterocycles. The van der Waals surface area contributed by atoms with Gasteiger partial charge in [0.05, 0.1) is 5.56 Å². The molecule has 0 bridgehead atoms. The van der Waals surface area contributed by atoms with Crippen molar-refractivity contribution < 1.29 is 27.9 Å².